The molecular weight excluding hydrogens is 230 g/mol. The third kappa shape index (κ3) is 1.41. The SMILES string of the molecule is COC1(c2ccccc2Br)CNC1. The minimum absolute atomic E-state index is 0.111. The summed E-state index contributed by atoms with van der Waals surface area (Å²) in [5.41, 5.74) is 1.12. The Morgan fingerprint density at radius 1 is 1.38 bits per heavy atom. The second kappa shape index (κ2) is 3.40. The number of benzene rings is 1. The molecule has 1 N–H and O–H groups in total. The van der Waals surface area contributed by atoms with Crippen molar-refractivity contribution >= 4 is 15.9 Å². The topological polar surface area (TPSA) is 21.3 Å². The maximum absolute atomic E-state index is 5.55. The fourth-order valence-electron chi connectivity index (χ4n) is 1.63. The number of nitrogens with one attached hydrogen (secondary N) is 1. The first-order valence-electron chi connectivity index (χ1n) is 4.29. The predicted molar refractivity (Wildman–Crippen MR) is 55.7 cm³/mol. The smallest absolute Gasteiger partial charge is 0.119 e. The van der Waals surface area contributed by atoms with Gasteiger partial charge in [-0.15, -0.1) is 0 Å². The van der Waals surface area contributed by atoms with Crippen molar-refractivity contribution < 1.29 is 4.74 Å². The molecule has 0 amide bonds. The van der Waals surface area contributed by atoms with Crippen molar-refractivity contribution in [1.29, 1.82) is 0 Å². The van der Waals surface area contributed by atoms with Crippen LogP contribution in [0.15, 0.2) is 28.7 Å². The molecule has 0 aromatic heterocycles. The average Bonchev–Trinajstić information content (AvgIpc) is 2.07. The van der Waals surface area contributed by atoms with Crippen LogP contribution in [-0.4, -0.2) is 20.2 Å². The molecule has 1 aromatic carbocycles. The van der Waals surface area contributed by atoms with Crippen LogP contribution in [-0.2, 0) is 10.3 Å². The summed E-state index contributed by atoms with van der Waals surface area (Å²) in [7, 11) is 1.76. The van der Waals surface area contributed by atoms with Crippen LogP contribution in [0.25, 0.3) is 0 Å². The highest BCUT2D eigenvalue weighted by Gasteiger charge is 2.39. The highest BCUT2D eigenvalue weighted by Crippen LogP contribution is 2.34. The summed E-state index contributed by atoms with van der Waals surface area (Å²) in [5.74, 6) is 0. The molecule has 2 rings (SSSR count). The lowest BCUT2D eigenvalue weighted by molar-refractivity contribution is -0.0570. The minimum atomic E-state index is -0.111. The van der Waals surface area contributed by atoms with Gasteiger partial charge in [0, 0.05) is 30.2 Å². The van der Waals surface area contributed by atoms with E-state index in [-0.39, 0.29) is 5.60 Å². The summed E-state index contributed by atoms with van der Waals surface area (Å²) < 4.78 is 6.67. The van der Waals surface area contributed by atoms with Gasteiger partial charge in [0.25, 0.3) is 0 Å². The van der Waals surface area contributed by atoms with Gasteiger partial charge in [0.2, 0.25) is 0 Å². The Hall–Kier alpha value is -0.380. The molecule has 1 aromatic rings. The molecule has 70 valence electrons. The van der Waals surface area contributed by atoms with Crippen molar-refractivity contribution in [3.63, 3.8) is 0 Å². The van der Waals surface area contributed by atoms with Crippen LogP contribution in [0.1, 0.15) is 5.56 Å². The van der Waals surface area contributed by atoms with Crippen molar-refractivity contribution in [2.75, 3.05) is 20.2 Å². The largest absolute Gasteiger partial charge is 0.371 e. The maximum atomic E-state index is 5.55. The Morgan fingerprint density at radius 2 is 2.08 bits per heavy atom. The van der Waals surface area contributed by atoms with Gasteiger partial charge in [-0.25, -0.2) is 0 Å². The van der Waals surface area contributed by atoms with Crippen LogP contribution in [0.3, 0.4) is 0 Å². The number of ether oxygens (including phenoxy) is 1. The number of hydrogen-bond acceptors (Lipinski definition) is 2. The zero-order valence-electron chi connectivity index (χ0n) is 7.51. The summed E-state index contributed by atoms with van der Waals surface area (Å²) in [5, 5.41) is 3.23. The Kier molecular flexibility index (Phi) is 2.41. The van der Waals surface area contributed by atoms with E-state index in [1.54, 1.807) is 7.11 Å². The molecule has 13 heavy (non-hydrogen) atoms. The van der Waals surface area contributed by atoms with Gasteiger partial charge in [-0.2, -0.15) is 0 Å². The number of hydrogen-bond donors (Lipinski definition) is 1. The first-order chi connectivity index (χ1) is 6.28. The van der Waals surface area contributed by atoms with Crippen molar-refractivity contribution in [3.05, 3.63) is 34.3 Å². The van der Waals surface area contributed by atoms with E-state index in [9.17, 15) is 0 Å². The van der Waals surface area contributed by atoms with Gasteiger partial charge in [0.05, 0.1) is 0 Å². The second-order valence-corrected chi connectivity index (χ2v) is 4.14. The van der Waals surface area contributed by atoms with Gasteiger partial charge in [-0.1, -0.05) is 34.1 Å². The van der Waals surface area contributed by atoms with Crippen molar-refractivity contribution in [3.8, 4) is 0 Å². The van der Waals surface area contributed by atoms with Crippen molar-refractivity contribution in [2.24, 2.45) is 0 Å². The van der Waals surface area contributed by atoms with E-state index in [1.807, 2.05) is 12.1 Å². The van der Waals surface area contributed by atoms with Gasteiger partial charge < -0.3 is 10.1 Å². The molecule has 0 saturated carbocycles. The van der Waals surface area contributed by atoms with Gasteiger partial charge in [-0.05, 0) is 6.07 Å². The van der Waals surface area contributed by atoms with Crippen LogP contribution in [0.5, 0.6) is 0 Å². The molecule has 2 nitrogen and oxygen atoms in total. The van der Waals surface area contributed by atoms with Gasteiger partial charge in [0.15, 0.2) is 0 Å². The molecule has 1 aliphatic rings. The lowest BCUT2D eigenvalue weighted by Crippen LogP contribution is -2.58. The second-order valence-electron chi connectivity index (χ2n) is 3.28. The van der Waals surface area contributed by atoms with Crippen LogP contribution >= 0.6 is 15.9 Å². The molecule has 0 radical (unpaired) electrons. The van der Waals surface area contributed by atoms with Crippen LogP contribution in [0.4, 0.5) is 0 Å². The first kappa shape index (κ1) is 9.19. The molecule has 0 bridgehead atoms. The summed E-state index contributed by atoms with van der Waals surface area (Å²) in [4.78, 5) is 0. The van der Waals surface area contributed by atoms with Crippen LogP contribution in [0.2, 0.25) is 0 Å². The molecule has 3 heteroatoms. The molecule has 1 saturated heterocycles. The van der Waals surface area contributed by atoms with E-state index in [4.69, 9.17) is 4.74 Å². The quantitative estimate of drug-likeness (QED) is 0.855. The van der Waals surface area contributed by atoms with E-state index in [2.05, 4.69) is 33.4 Å². The van der Waals surface area contributed by atoms with Crippen LogP contribution < -0.4 is 5.32 Å². The van der Waals surface area contributed by atoms with Gasteiger partial charge >= 0.3 is 0 Å². The molecule has 0 spiro atoms. The van der Waals surface area contributed by atoms with E-state index in [0.29, 0.717) is 0 Å². The Labute approximate surface area is 86.4 Å². The molecule has 0 unspecified atom stereocenters. The minimum Gasteiger partial charge on any atom is -0.371 e. The third-order valence-corrected chi connectivity index (χ3v) is 3.27. The van der Waals surface area contributed by atoms with Crippen LogP contribution in [0, 0.1) is 0 Å². The number of rotatable bonds is 2. The Bertz CT molecular complexity index is 304. The highest BCUT2D eigenvalue weighted by molar-refractivity contribution is 9.10. The maximum Gasteiger partial charge on any atom is 0.119 e. The monoisotopic (exact) mass is 241 g/mol. The zero-order chi connectivity index (χ0) is 9.31. The Morgan fingerprint density at radius 3 is 2.54 bits per heavy atom. The molecular formula is C10H12BrNO. The lowest BCUT2D eigenvalue weighted by Gasteiger charge is -2.42. The fraction of sp³-hybridized carbons (Fsp3) is 0.400. The highest BCUT2D eigenvalue weighted by atomic mass is 79.9. The summed E-state index contributed by atoms with van der Waals surface area (Å²) in [6.45, 7) is 1.79. The zero-order valence-corrected chi connectivity index (χ0v) is 9.10. The Balaban J connectivity index is 2.38. The molecule has 0 atom stereocenters. The molecule has 1 heterocycles. The normalized spacial score (nSPS) is 19.5. The molecule has 1 fully saturated rings. The fourth-order valence-corrected chi connectivity index (χ4v) is 2.27. The van der Waals surface area contributed by atoms with Gasteiger partial charge in [0.1, 0.15) is 5.60 Å². The lowest BCUT2D eigenvalue weighted by atomic mass is 9.88. The predicted octanol–water partition coefficient (Wildman–Crippen LogP) is 1.89. The summed E-state index contributed by atoms with van der Waals surface area (Å²) in [6, 6.07) is 8.21. The van der Waals surface area contributed by atoms with Crippen molar-refractivity contribution in [2.45, 2.75) is 5.60 Å². The summed E-state index contributed by atoms with van der Waals surface area (Å²) >= 11 is 3.54. The van der Waals surface area contributed by atoms with Crippen molar-refractivity contribution in [1.82, 2.24) is 5.32 Å². The van der Waals surface area contributed by atoms with E-state index < -0.39 is 0 Å². The molecule has 0 aliphatic carbocycles. The third-order valence-electron chi connectivity index (χ3n) is 2.58. The van der Waals surface area contributed by atoms with Gasteiger partial charge in [-0.3, -0.25) is 0 Å². The van der Waals surface area contributed by atoms with E-state index >= 15 is 0 Å². The standard InChI is InChI=1S/C10H12BrNO/c1-13-10(6-12-7-10)8-4-2-3-5-9(8)11/h2-5,12H,6-7H2,1H3. The van der Waals surface area contributed by atoms with E-state index in [1.165, 1.54) is 5.56 Å². The first-order valence-corrected chi connectivity index (χ1v) is 5.09. The summed E-state index contributed by atoms with van der Waals surface area (Å²) in [6.07, 6.45) is 0. The number of halogens is 1. The number of methoxy groups -OCH3 is 1. The molecule has 1 aliphatic heterocycles. The van der Waals surface area contributed by atoms with E-state index in [0.717, 1.165) is 17.6 Å². The average molecular weight is 242 g/mol.